The molecule has 1 unspecified atom stereocenters. The summed E-state index contributed by atoms with van der Waals surface area (Å²) < 4.78 is 37.5. The number of rotatable bonds is 10. The van der Waals surface area contributed by atoms with Crippen LogP contribution in [0.3, 0.4) is 0 Å². The molecule has 1 heterocycles. The van der Waals surface area contributed by atoms with Gasteiger partial charge in [0, 0.05) is 27.4 Å². The summed E-state index contributed by atoms with van der Waals surface area (Å²) in [7, 11) is 4.61. The molecular weight excluding hydrogens is 380 g/mol. The van der Waals surface area contributed by atoms with E-state index < -0.39 is 6.10 Å². The Hall–Kier alpha value is -2.81. The molecule has 29 heavy (non-hydrogen) atoms. The van der Waals surface area contributed by atoms with Gasteiger partial charge in [-0.1, -0.05) is 6.07 Å². The SMILES string of the molecule is COCOc1ccc2c(c1)OC(c1ccc(OCOC)c(OCOC)c1)CC2=O. The van der Waals surface area contributed by atoms with Gasteiger partial charge in [0.15, 0.2) is 37.7 Å². The first-order chi connectivity index (χ1) is 14.2. The van der Waals surface area contributed by atoms with Gasteiger partial charge in [0.25, 0.3) is 0 Å². The summed E-state index contributed by atoms with van der Waals surface area (Å²) in [4.78, 5) is 12.6. The first kappa shape index (κ1) is 20.9. The highest BCUT2D eigenvalue weighted by Crippen LogP contribution is 2.39. The molecule has 0 fully saturated rings. The number of ketones is 1. The molecule has 8 nitrogen and oxygen atoms in total. The molecule has 0 amide bonds. The average Bonchev–Trinajstić information content (AvgIpc) is 2.74. The molecule has 1 aliphatic heterocycles. The van der Waals surface area contributed by atoms with Crippen molar-refractivity contribution in [2.24, 2.45) is 0 Å². The van der Waals surface area contributed by atoms with Gasteiger partial charge < -0.3 is 33.2 Å². The zero-order valence-corrected chi connectivity index (χ0v) is 16.6. The van der Waals surface area contributed by atoms with Crippen molar-refractivity contribution < 1.29 is 38.0 Å². The van der Waals surface area contributed by atoms with Crippen LogP contribution in [0.1, 0.15) is 28.4 Å². The van der Waals surface area contributed by atoms with E-state index in [4.69, 9.17) is 33.2 Å². The van der Waals surface area contributed by atoms with E-state index >= 15 is 0 Å². The second kappa shape index (κ2) is 10.1. The first-order valence-corrected chi connectivity index (χ1v) is 8.99. The van der Waals surface area contributed by atoms with Crippen LogP contribution in [0.4, 0.5) is 0 Å². The number of fused-ring (bicyclic) bond motifs is 1. The Kier molecular flexibility index (Phi) is 7.29. The van der Waals surface area contributed by atoms with E-state index in [2.05, 4.69) is 0 Å². The lowest BCUT2D eigenvalue weighted by molar-refractivity contribution is 0.0320. The third-order valence-electron chi connectivity index (χ3n) is 4.24. The molecule has 0 aliphatic carbocycles. The Morgan fingerprint density at radius 1 is 0.862 bits per heavy atom. The van der Waals surface area contributed by atoms with Gasteiger partial charge in [-0.25, -0.2) is 0 Å². The lowest BCUT2D eigenvalue weighted by Gasteiger charge is -2.26. The molecule has 0 aromatic heterocycles. The lowest BCUT2D eigenvalue weighted by atomic mass is 9.96. The zero-order valence-electron chi connectivity index (χ0n) is 16.6. The van der Waals surface area contributed by atoms with Crippen LogP contribution < -0.4 is 18.9 Å². The molecule has 1 aliphatic rings. The molecule has 0 saturated heterocycles. The second-order valence-electron chi connectivity index (χ2n) is 6.25. The molecule has 0 saturated carbocycles. The number of methoxy groups -OCH3 is 3. The predicted octanol–water partition coefficient (Wildman–Crippen LogP) is 3.34. The van der Waals surface area contributed by atoms with Gasteiger partial charge in [-0.15, -0.1) is 0 Å². The van der Waals surface area contributed by atoms with Crippen LogP contribution in [0.25, 0.3) is 0 Å². The zero-order chi connectivity index (χ0) is 20.6. The van der Waals surface area contributed by atoms with E-state index in [9.17, 15) is 4.79 Å². The van der Waals surface area contributed by atoms with Crippen molar-refractivity contribution in [3.63, 3.8) is 0 Å². The highest BCUT2D eigenvalue weighted by Gasteiger charge is 2.29. The van der Waals surface area contributed by atoms with Crippen molar-refractivity contribution >= 4 is 5.78 Å². The monoisotopic (exact) mass is 404 g/mol. The summed E-state index contributed by atoms with van der Waals surface area (Å²) in [6, 6.07) is 10.5. The van der Waals surface area contributed by atoms with Crippen LogP contribution in [0.5, 0.6) is 23.0 Å². The molecule has 8 heteroatoms. The van der Waals surface area contributed by atoms with Gasteiger partial charge in [0.05, 0.1) is 12.0 Å². The van der Waals surface area contributed by atoms with Crippen molar-refractivity contribution in [3.8, 4) is 23.0 Å². The second-order valence-corrected chi connectivity index (χ2v) is 6.25. The summed E-state index contributed by atoms with van der Waals surface area (Å²) in [5.41, 5.74) is 1.31. The van der Waals surface area contributed by atoms with E-state index in [1.807, 2.05) is 6.07 Å². The topological polar surface area (TPSA) is 81.7 Å². The lowest BCUT2D eigenvalue weighted by Crippen LogP contribution is -2.20. The Bertz CT molecular complexity index is 835. The molecular formula is C21H24O8. The largest absolute Gasteiger partial charge is 0.484 e. The van der Waals surface area contributed by atoms with Gasteiger partial charge >= 0.3 is 0 Å². The molecule has 0 N–H and O–H groups in total. The van der Waals surface area contributed by atoms with Crippen LogP contribution in [-0.2, 0) is 14.2 Å². The average molecular weight is 404 g/mol. The van der Waals surface area contributed by atoms with Gasteiger partial charge in [0.1, 0.15) is 17.6 Å². The maximum atomic E-state index is 12.6. The normalized spacial score (nSPS) is 15.4. The Morgan fingerprint density at radius 2 is 1.55 bits per heavy atom. The number of benzene rings is 2. The standard InChI is InChI=1S/C21H24O8/c1-23-11-26-15-5-6-16-17(22)10-19(29-20(16)9-15)14-4-7-18(27-12-24-2)21(8-14)28-13-25-3/h4-9,19H,10-13H2,1-3H3. The van der Waals surface area contributed by atoms with E-state index in [1.165, 1.54) is 21.3 Å². The van der Waals surface area contributed by atoms with Gasteiger partial charge in [-0.05, 0) is 29.8 Å². The summed E-state index contributed by atoms with van der Waals surface area (Å²) in [5, 5.41) is 0. The van der Waals surface area contributed by atoms with E-state index in [-0.39, 0.29) is 32.6 Å². The predicted molar refractivity (Wildman–Crippen MR) is 103 cm³/mol. The highest BCUT2D eigenvalue weighted by molar-refractivity contribution is 6.00. The summed E-state index contributed by atoms with van der Waals surface area (Å²) >= 11 is 0. The minimum absolute atomic E-state index is 0.00592. The third-order valence-corrected chi connectivity index (χ3v) is 4.24. The maximum Gasteiger partial charge on any atom is 0.188 e. The number of Topliss-reactive ketones (excluding diaryl/α,β-unsaturated/α-hetero) is 1. The fraction of sp³-hybridized carbons (Fsp3) is 0.381. The van der Waals surface area contributed by atoms with Crippen molar-refractivity contribution in [2.75, 3.05) is 41.7 Å². The maximum absolute atomic E-state index is 12.6. The Balaban J connectivity index is 1.84. The third kappa shape index (κ3) is 5.17. The van der Waals surface area contributed by atoms with Crippen molar-refractivity contribution in [1.82, 2.24) is 0 Å². The van der Waals surface area contributed by atoms with Crippen LogP contribution in [-0.4, -0.2) is 47.5 Å². The molecule has 156 valence electrons. The van der Waals surface area contributed by atoms with Crippen molar-refractivity contribution in [3.05, 3.63) is 47.5 Å². The van der Waals surface area contributed by atoms with Crippen LogP contribution in [0.15, 0.2) is 36.4 Å². The molecule has 2 aromatic carbocycles. The molecule has 0 bridgehead atoms. The van der Waals surface area contributed by atoms with Crippen molar-refractivity contribution in [2.45, 2.75) is 12.5 Å². The number of carbonyl (C=O) groups is 1. The molecule has 0 radical (unpaired) electrons. The van der Waals surface area contributed by atoms with Crippen LogP contribution in [0.2, 0.25) is 0 Å². The number of hydrogen-bond acceptors (Lipinski definition) is 8. The summed E-state index contributed by atoms with van der Waals surface area (Å²) in [6.45, 7) is 0.248. The number of carbonyl (C=O) groups excluding carboxylic acids is 1. The Morgan fingerprint density at radius 3 is 2.28 bits per heavy atom. The van der Waals surface area contributed by atoms with E-state index in [0.717, 1.165) is 5.56 Å². The van der Waals surface area contributed by atoms with Gasteiger partial charge in [-0.2, -0.15) is 0 Å². The molecule has 3 rings (SSSR count). The number of hydrogen-bond donors (Lipinski definition) is 0. The first-order valence-electron chi connectivity index (χ1n) is 8.99. The van der Waals surface area contributed by atoms with E-state index in [0.29, 0.717) is 28.6 Å². The van der Waals surface area contributed by atoms with Crippen LogP contribution >= 0.6 is 0 Å². The van der Waals surface area contributed by atoms with Gasteiger partial charge in [-0.3, -0.25) is 4.79 Å². The van der Waals surface area contributed by atoms with Gasteiger partial charge in [0.2, 0.25) is 0 Å². The van der Waals surface area contributed by atoms with Crippen molar-refractivity contribution in [1.29, 1.82) is 0 Å². The highest BCUT2D eigenvalue weighted by atomic mass is 16.7. The summed E-state index contributed by atoms with van der Waals surface area (Å²) in [5.74, 6) is 2.00. The quantitative estimate of drug-likeness (QED) is 0.558. The Labute approximate surface area is 169 Å². The minimum Gasteiger partial charge on any atom is -0.484 e. The fourth-order valence-corrected chi connectivity index (χ4v) is 2.91. The number of ether oxygens (including phenoxy) is 7. The summed E-state index contributed by atoms with van der Waals surface area (Å²) in [6.07, 6.45) is -0.248. The smallest absolute Gasteiger partial charge is 0.188 e. The molecule has 1 atom stereocenters. The minimum atomic E-state index is -0.464. The molecule has 0 spiro atoms. The molecule has 2 aromatic rings. The fourth-order valence-electron chi connectivity index (χ4n) is 2.91. The van der Waals surface area contributed by atoms with Crippen LogP contribution in [0, 0.1) is 0 Å². The van der Waals surface area contributed by atoms with E-state index in [1.54, 1.807) is 30.3 Å².